The van der Waals surface area contributed by atoms with Gasteiger partial charge in [-0.2, -0.15) is 0 Å². The van der Waals surface area contributed by atoms with Crippen LogP contribution in [0.25, 0.3) is 0 Å². The van der Waals surface area contributed by atoms with E-state index in [9.17, 15) is 9.59 Å². The number of piperidine rings is 1. The Morgan fingerprint density at radius 2 is 1.90 bits per heavy atom. The van der Waals surface area contributed by atoms with Gasteiger partial charge in [-0.1, -0.05) is 13.8 Å². The van der Waals surface area contributed by atoms with Crippen LogP contribution in [0, 0.1) is 17.3 Å². The van der Waals surface area contributed by atoms with Crippen LogP contribution in [0.1, 0.15) is 53.9 Å². The molecule has 0 aromatic heterocycles. The molecular formula is C16H27NO4. The quantitative estimate of drug-likeness (QED) is 0.850. The van der Waals surface area contributed by atoms with Crippen molar-refractivity contribution in [1.82, 2.24) is 4.90 Å². The molecule has 2 aliphatic rings. The van der Waals surface area contributed by atoms with Gasteiger partial charge in [-0.05, 0) is 51.4 Å². The number of nitrogens with zero attached hydrogens (tertiary/aromatic N) is 1. The largest absolute Gasteiger partial charge is 0.481 e. The first-order valence-electron chi connectivity index (χ1n) is 7.73. The van der Waals surface area contributed by atoms with E-state index >= 15 is 0 Å². The fraction of sp³-hybridized carbons (Fsp3) is 0.875. The van der Waals surface area contributed by atoms with E-state index in [1.165, 1.54) is 0 Å². The Balaban J connectivity index is 2.11. The van der Waals surface area contributed by atoms with E-state index in [0.29, 0.717) is 13.0 Å². The van der Waals surface area contributed by atoms with Crippen LogP contribution in [0.3, 0.4) is 0 Å². The molecule has 0 radical (unpaired) electrons. The van der Waals surface area contributed by atoms with Crippen molar-refractivity contribution >= 4 is 12.1 Å². The minimum absolute atomic E-state index is 0.00831. The molecule has 1 amide bonds. The maximum Gasteiger partial charge on any atom is 0.410 e. The number of rotatable bonds is 2. The van der Waals surface area contributed by atoms with Gasteiger partial charge in [0.2, 0.25) is 0 Å². The van der Waals surface area contributed by atoms with Gasteiger partial charge in [0.25, 0.3) is 0 Å². The Labute approximate surface area is 126 Å². The normalized spacial score (nSPS) is 31.7. The zero-order chi connectivity index (χ0) is 16.0. The number of hydrogen-bond donors (Lipinski definition) is 1. The molecule has 120 valence electrons. The summed E-state index contributed by atoms with van der Waals surface area (Å²) in [6, 6.07) is 0.00831. The van der Waals surface area contributed by atoms with Gasteiger partial charge < -0.3 is 14.7 Å². The van der Waals surface area contributed by atoms with Crippen molar-refractivity contribution in [2.75, 3.05) is 6.54 Å². The summed E-state index contributed by atoms with van der Waals surface area (Å²) in [5.74, 6) is -0.943. The monoisotopic (exact) mass is 297 g/mol. The minimum atomic E-state index is -0.742. The molecule has 5 heteroatoms. The Morgan fingerprint density at radius 3 is 2.38 bits per heavy atom. The number of likely N-dealkylation sites (tertiary alicyclic amines) is 1. The molecule has 1 N–H and O–H groups in total. The summed E-state index contributed by atoms with van der Waals surface area (Å²) in [6.45, 7) is 10.5. The second-order valence-corrected chi connectivity index (χ2v) is 8.22. The average molecular weight is 297 g/mol. The van der Waals surface area contributed by atoms with E-state index in [1.54, 1.807) is 4.90 Å². The molecule has 5 nitrogen and oxygen atoms in total. The predicted molar refractivity (Wildman–Crippen MR) is 79.0 cm³/mol. The second-order valence-electron chi connectivity index (χ2n) is 8.22. The van der Waals surface area contributed by atoms with Crippen molar-refractivity contribution in [2.45, 2.75) is 65.5 Å². The highest BCUT2D eigenvalue weighted by Crippen LogP contribution is 2.48. The first-order chi connectivity index (χ1) is 9.50. The van der Waals surface area contributed by atoms with Gasteiger partial charge in [0.15, 0.2) is 0 Å². The summed E-state index contributed by atoms with van der Waals surface area (Å²) in [6.07, 6.45) is 2.25. The number of ether oxygens (including phenoxy) is 1. The zero-order valence-electron chi connectivity index (χ0n) is 13.7. The summed E-state index contributed by atoms with van der Waals surface area (Å²) in [7, 11) is 0. The van der Waals surface area contributed by atoms with Gasteiger partial charge in [0.1, 0.15) is 5.60 Å². The van der Waals surface area contributed by atoms with Crippen LogP contribution < -0.4 is 0 Å². The van der Waals surface area contributed by atoms with Crippen LogP contribution in [0.2, 0.25) is 0 Å². The molecule has 0 spiro atoms. The Morgan fingerprint density at radius 1 is 1.29 bits per heavy atom. The van der Waals surface area contributed by atoms with Crippen LogP contribution in [0.15, 0.2) is 0 Å². The van der Waals surface area contributed by atoms with Crippen LogP contribution in [0.4, 0.5) is 4.79 Å². The zero-order valence-corrected chi connectivity index (χ0v) is 13.7. The Bertz CT molecular complexity index is 438. The van der Waals surface area contributed by atoms with E-state index < -0.39 is 11.6 Å². The molecule has 2 rings (SSSR count). The lowest BCUT2D eigenvalue weighted by Crippen LogP contribution is -2.52. The van der Waals surface area contributed by atoms with Crippen molar-refractivity contribution in [1.29, 1.82) is 0 Å². The summed E-state index contributed by atoms with van der Waals surface area (Å²) >= 11 is 0. The fourth-order valence-electron chi connectivity index (χ4n) is 3.24. The van der Waals surface area contributed by atoms with Crippen molar-refractivity contribution in [2.24, 2.45) is 17.3 Å². The molecule has 0 bridgehead atoms. The topological polar surface area (TPSA) is 66.8 Å². The Hall–Kier alpha value is -1.26. The molecule has 0 aromatic rings. The molecule has 1 aliphatic heterocycles. The van der Waals surface area contributed by atoms with Gasteiger partial charge in [0.05, 0.1) is 5.92 Å². The molecule has 2 fully saturated rings. The maximum atomic E-state index is 12.5. The molecule has 3 atom stereocenters. The molecule has 21 heavy (non-hydrogen) atoms. The summed E-state index contributed by atoms with van der Waals surface area (Å²) in [5, 5.41) is 9.13. The van der Waals surface area contributed by atoms with E-state index in [0.717, 1.165) is 12.8 Å². The molecule has 1 saturated heterocycles. The fourth-order valence-corrected chi connectivity index (χ4v) is 3.24. The first kappa shape index (κ1) is 16.1. The average Bonchev–Trinajstić information content (AvgIpc) is 3.05. The third kappa shape index (κ3) is 3.89. The van der Waals surface area contributed by atoms with Crippen LogP contribution in [-0.2, 0) is 9.53 Å². The van der Waals surface area contributed by atoms with Crippen molar-refractivity contribution in [3.63, 3.8) is 0 Å². The number of aliphatic carboxylic acids is 1. The van der Waals surface area contributed by atoms with Crippen LogP contribution in [0.5, 0.6) is 0 Å². The third-order valence-electron chi connectivity index (χ3n) is 4.39. The number of carboxylic acid groups (broad SMARTS) is 1. The lowest BCUT2D eigenvalue weighted by atomic mass is 9.80. The molecule has 1 aliphatic carbocycles. The van der Waals surface area contributed by atoms with Gasteiger partial charge in [-0.25, -0.2) is 4.79 Å². The standard InChI is InChI=1S/C16H27NO4/c1-15(2,3)21-14(20)17-9-16(4,5)7-6-12(17)10-8-11(10)13(18)19/h10-12H,6-9H2,1-5H3,(H,18,19)/t10-,11-,12?/m1/s1. The lowest BCUT2D eigenvalue weighted by Gasteiger charge is -2.44. The van der Waals surface area contributed by atoms with E-state index in [4.69, 9.17) is 9.84 Å². The van der Waals surface area contributed by atoms with E-state index in [-0.39, 0.29) is 29.4 Å². The first-order valence-corrected chi connectivity index (χ1v) is 7.73. The van der Waals surface area contributed by atoms with E-state index in [1.807, 2.05) is 20.8 Å². The number of hydrogen-bond acceptors (Lipinski definition) is 3. The SMILES string of the molecule is CC1(C)CCC([C@@H]2C[C@H]2C(=O)O)N(C(=O)OC(C)(C)C)C1. The summed E-state index contributed by atoms with van der Waals surface area (Å²) < 4.78 is 5.51. The van der Waals surface area contributed by atoms with Gasteiger partial charge >= 0.3 is 12.1 Å². The number of carbonyl (C=O) groups is 2. The highest BCUT2D eigenvalue weighted by Gasteiger charge is 2.53. The Kier molecular flexibility index (Phi) is 3.98. The van der Waals surface area contributed by atoms with Crippen molar-refractivity contribution in [3.8, 4) is 0 Å². The van der Waals surface area contributed by atoms with Gasteiger partial charge in [-0.3, -0.25) is 4.79 Å². The summed E-state index contributed by atoms with van der Waals surface area (Å²) in [4.78, 5) is 25.4. The van der Waals surface area contributed by atoms with Crippen LogP contribution >= 0.6 is 0 Å². The van der Waals surface area contributed by atoms with Gasteiger partial charge in [-0.15, -0.1) is 0 Å². The van der Waals surface area contributed by atoms with Gasteiger partial charge in [0, 0.05) is 12.6 Å². The second kappa shape index (κ2) is 5.18. The molecule has 1 saturated carbocycles. The predicted octanol–water partition coefficient (Wildman–Crippen LogP) is 3.13. The summed E-state index contributed by atoms with van der Waals surface area (Å²) in [5.41, 5.74) is -0.472. The third-order valence-corrected chi connectivity index (χ3v) is 4.39. The number of carboxylic acids is 1. The van der Waals surface area contributed by atoms with E-state index in [2.05, 4.69) is 13.8 Å². The number of amides is 1. The molecule has 1 unspecified atom stereocenters. The van der Waals surface area contributed by atoms with Crippen molar-refractivity contribution in [3.05, 3.63) is 0 Å². The highest BCUT2D eigenvalue weighted by molar-refractivity contribution is 5.74. The molecule has 1 heterocycles. The maximum absolute atomic E-state index is 12.5. The minimum Gasteiger partial charge on any atom is -0.481 e. The van der Waals surface area contributed by atoms with Crippen molar-refractivity contribution < 1.29 is 19.4 Å². The molecule has 0 aromatic carbocycles. The number of carbonyl (C=O) groups excluding carboxylic acids is 1. The van der Waals surface area contributed by atoms with Crippen LogP contribution in [-0.4, -0.2) is 40.3 Å². The molecular weight excluding hydrogens is 270 g/mol. The highest BCUT2D eigenvalue weighted by atomic mass is 16.6. The lowest BCUT2D eigenvalue weighted by molar-refractivity contribution is -0.139. The smallest absolute Gasteiger partial charge is 0.410 e.